The lowest BCUT2D eigenvalue weighted by Gasteiger charge is -1.96. The minimum atomic E-state index is -2.18. The number of hydrogen-bond acceptors (Lipinski definition) is 2. The molecule has 0 aliphatic carbocycles. The van der Waals surface area contributed by atoms with Crippen molar-refractivity contribution in [3.8, 4) is 0 Å². The van der Waals surface area contributed by atoms with E-state index in [1.165, 1.54) is 0 Å². The molecule has 7 heavy (non-hydrogen) atoms. The highest BCUT2D eigenvalue weighted by Crippen LogP contribution is 1.97. The van der Waals surface area contributed by atoms with E-state index >= 15 is 0 Å². The van der Waals surface area contributed by atoms with Crippen LogP contribution in [0.25, 0.3) is 0 Å². The first-order valence-corrected chi connectivity index (χ1v) is 3.40. The Hall–Kier alpha value is 0.0200. The van der Waals surface area contributed by atoms with Crippen molar-refractivity contribution in [2.45, 2.75) is 0 Å². The predicted molar refractivity (Wildman–Crippen MR) is 25.3 cm³/mol. The summed E-state index contributed by atoms with van der Waals surface area (Å²) < 4.78 is 9.83. The van der Waals surface area contributed by atoms with Gasteiger partial charge in [0.15, 0.2) is 0 Å². The van der Waals surface area contributed by atoms with E-state index in [9.17, 15) is 9.46 Å². The van der Waals surface area contributed by atoms with E-state index in [0.717, 1.165) is 4.90 Å². The third-order valence-electron chi connectivity index (χ3n) is 0.445. The molecule has 0 aliphatic rings. The Kier molecular flexibility index (Phi) is 3.09. The molecule has 0 heterocycles. The fraction of sp³-hybridized carbons (Fsp3) is 1.00. The Labute approximate surface area is 43.8 Å². The third-order valence-corrected chi connectivity index (χ3v) is 1.34. The molecule has 0 aliphatic heterocycles. The number of nitrogens with one attached hydrogen (secondary N) is 1. The van der Waals surface area contributed by atoms with Gasteiger partial charge in [0, 0.05) is 0 Å². The van der Waals surface area contributed by atoms with Crippen LogP contribution in [0.2, 0.25) is 0 Å². The van der Waals surface area contributed by atoms with Crippen LogP contribution >= 0.6 is 8.03 Å². The number of hydrogen-bond donors (Lipinski definition) is 1. The highest BCUT2D eigenvalue weighted by Gasteiger charge is 2.02. The fourth-order valence-electron chi connectivity index (χ4n) is 0.258. The van der Waals surface area contributed by atoms with E-state index in [0.29, 0.717) is 0 Å². The molecule has 4 heteroatoms. The molecular weight excluding hydrogens is 113 g/mol. The second-order valence-corrected chi connectivity index (χ2v) is 2.68. The lowest BCUT2D eigenvalue weighted by atomic mass is 11.0. The quantitative estimate of drug-likeness (QED) is 0.439. The molecule has 1 atom stereocenters. The van der Waals surface area contributed by atoms with Crippen molar-refractivity contribution < 1.29 is 14.4 Å². The molecule has 1 N–H and O–H groups in total. The summed E-state index contributed by atoms with van der Waals surface area (Å²) in [5.74, 6) is 0. The van der Waals surface area contributed by atoms with E-state index in [-0.39, 0.29) is 6.29 Å². The summed E-state index contributed by atoms with van der Waals surface area (Å²) in [5.41, 5.74) is 0. The first-order chi connectivity index (χ1) is 3.13. The van der Waals surface area contributed by atoms with Crippen LogP contribution in [-0.4, -0.2) is 20.4 Å². The standard InChI is InChI=1S/C3H8NO2P/c1-4(2)3-7(5)6/h3H2,1-2H3/p+1. The zero-order valence-electron chi connectivity index (χ0n) is 4.47. The SMILES string of the molecule is C[NH+](C)C[P+](=O)[O-]. The van der Waals surface area contributed by atoms with Crippen LogP contribution in [0.1, 0.15) is 0 Å². The Morgan fingerprint density at radius 1 is 1.71 bits per heavy atom. The van der Waals surface area contributed by atoms with Gasteiger partial charge < -0.3 is 4.89 Å². The second-order valence-electron chi connectivity index (χ2n) is 1.70. The summed E-state index contributed by atoms with van der Waals surface area (Å²) in [6, 6.07) is 0. The molecule has 3 nitrogen and oxygen atoms in total. The Morgan fingerprint density at radius 2 is 2.14 bits per heavy atom. The first-order valence-electron chi connectivity index (χ1n) is 2.03. The van der Waals surface area contributed by atoms with Gasteiger partial charge in [0.25, 0.3) is 6.29 Å². The summed E-state index contributed by atoms with van der Waals surface area (Å²) >= 11 is 0. The maximum atomic E-state index is 9.83. The minimum Gasteiger partial charge on any atom is -0.591 e. The van der Waals surface area contributed by atoms with Gasteiger partial charge in [0.1, 0.15) is 0 Å². The molecule has 0 fully saturated rings. The monoisotopic (exact) mass is 122 g/mol. The van der Waals surface area contributed by atoms with Gasteiger partial charge in [0.05, 0.1) is 14.1 Å². The zero-order chi connectivity index (χ0) is 5.86. The molecular formula is C3H9NO2P+. The fourth-order valence-corrected chi connectivity index (χ4v) is 0.775. The maximum Gasteiger partial charge on any atom is 0.369 e. The zero-order valence-corrected chi connectivity index (χ0v) is 5.37. The summed E-state index contributed by atoms with van der Waals surface area (Å²) in [6.45, 7) is 0. The van der Waals surface area contributed by atoms with Crippen molar-refractivity contribution in [1.82, 2.24) is 0 Å². The molecule has 0 aromatic rings. The van der Waals surface area contributed by atoms with Crippen LogP contribution in [0.3, 0.4) is 0 Å². The number of rotatable bonds is 2. The van der Waals surface area contributed by atoms with E-state index in [1.54, 1.807) is 14.1 Å². The molecule has 0 bridgehead atoms. The molecule has 0 saturated carbocycles. The lowest BCUT2D eigenvalue weighted by molar-refractivity contribution is -0.846. The van der Waals surface area contributed by atoms with Gasteiger partial charge in [-0.3, -0.25) is 4.90 Å². The van der Waals surface area contributed by atoms with E-state index in [2.05, 4.69) is 0 Å². The minimum absolute atomic E-state index is 0.231. The van der Waals surface area contributed by atoms with Crippen molar-refractivity contribution in [2.75, 3.05) is 20.4 Å². The van der Waals surface area contributed by atoms with Gasteiger partial charge in [-0.25, -0.2) is 0 Å². The van der Waals surface area contributed by atoms with Gasteiger partial charge in [-0.1, -0.05) is 4.57 Å². The third kappa shape index (κ3) is 6.02. The van der Waals surface area contributed by atoms with Gasteiger partial charge in [0.2, 0.25) is 0 Å². The molecule has 42 valence electrons. The summed E-state index contributed by atoms with van der Waals surface area (Å²) in [4.78, 5) is 10.8. The second kappa shape index (κ2) is 3.08. The highest BCUT2D eigenvalue weighted by molar-refractivity contribution is 7.36. The average molecular weight is 122 g/mol. The van der Waals surface area contributed by atoms with E-state index < -0.39 is 8.03 Å². The summed E-state index contributed by atoms with van der Waals surface area (Å²) in [6.07, 6.45) is 0.231. The van der Waals surface area contributed by atoms with Crippen LogP contribution in [0.5, 0.6) is 0 Å². The Balaban J connectivity index is 3.13. The smallest absolute Gasteiger partial charge is 0.369 e. The van der Waals surface area contributed by atoms with Gasteiger partial charge >= 0.3 is 8.03 Å². The molecule has 1 unspecified atom stereocenters. The van der Waals surface area contributed by atoms with Crippen LogP contribution in [0.4, 0.5) is 0 Å². The van der Waals surface area contributed by atoms with Crippen molar-refractivity contribution in [1.29, 1.82) is 0 Å². The lowest BCUT2D eigenvalue weighted by Crippen LogP contribution is -3.05. The van der Waals surface area contributed by atoms with Gasteiger partial charge in [-0.15, -0.1) is 0 Å². The topological polar surface area (TPSA) is 44.6 Å². The Bertz CT molecular complexity index is 73.3. The Morgan fingerprint density at radius 3 is 2.14 bits per heavy atom. The van der Waals surface area contributed by atoms with Crippen molar-refractivity contribution in [2.24, 2.45) is 0 Å². The van der Waals surface area contributed by atoms with E-state index in [1.807, 2.05) is 0 Å². The molecule has 0 amide bonds. The molecule has 0 saturated heterocycles. The van der Waals surface area contributed by atoms with Gasteiger partial charge in [-0.2, -0.15) is 0 Å². The highest BCUT2D eigenvalue weighted by atomic mass is 31.1. The van der Waals surface area contributed by atoms with Gasteiger partial charge in [-0.05, 0) is 0 Å². The molecule has 0 spiro atoms. The van der Waals surface area contributed by atoms with Crippen LogP contribution in [0.15, 0.2) is 0 Å². The normalized spacial score (nSPS) is 12.3. The molecule has 0 aromatic carbocycles. The van der Waals surface area contributed by atoms with Crippen LogP contribution < -0.4 is 9.79 Å². The molecule has 0 rings (SSSR count). The van der Waals surface area contributed by atoms with Crippen molar-refractivity contribution in [3.05, 3.63) is 0 Å². The average Bonchev–Trinajstić information content (AvgIpc) is 1.27. The number of quaternary nitrogens is 1. The van der Waals surface area contributed by atoms with Crippen LogP contribution in [0, 0.1) is 0 Å². The first kappa shape index (κ1) is 7.02. The largest absolute Gasteiger partial charge is 0.591 e. The molecule has 0 radical (unpaired) electrons. The van der Waals surface area contributed by atoms with Crippen molar-refractivity contribution >= 4 is 8.03 Å². The predicted octanol–water partition coefficient (Wildman–Crippen LogP) is -1.81. The summed E-state index contributed by atoms with van der Waals surface area (Å²) in [7, 11) is 1.42. The molecule has 0 aromatic heterocycles. The van der Waals surface area contributed by atoms with Crippen molar-refractivity contribution in [3.63, 3.8) is 0 Å². The van der Waals surface area contributed by atoms with E-state index in [4.69, 9.17) is 0 Å². The van der Waals surface area contributed by atoms with Crippen LogP contribution in [-0.2, 0) is 4.57 Å². The summed E-state index contributed by atoms with van der Waals surface area (Å²) in [5, 5.41) is 0. The maximum absolute atomic E-state index is 9.83.